The lowest BCUT2D eigenvalue weighted by Gasteiger charge is -2.12. The fourth-order valence-electron chi connectivity index (χ4n) is 1.57. The monoisotopic (exact) mass is 297 g/mol. The molecular formula is C12H6Cl3N3. The van der Waals surface area contributed by atoms with Crippen molar-refractivity contribution in [2.45, 2.75) is 5.92 Å². The van der Waals surface area contributed by atoms with Gasteiger partial charge in [0.2, 0.25) is 0 Å². The molecule has 90 valence electrons. The summed E-state index contributed by atoms with van der Waals surface area (Å²) in [5, 5.41) is 10.4. The van der Waals surface area contributed by atoms with Crippen LogP contribution in [0.4, 0.5) is 0 Å². The van der Waals surface area contributed by atoms with Crippen LogP contribution in [0.2, 0.25) is 15.2 Å². The quantitative estimate of drug-likeness (QED) is 0.785. The van der Waals surface area contributed by atoms with Crippen molar-refractivity contribution in [1.82, 2.24) is 9.97 Å². The zero-order chi connectivity index (χ0) is 13.1. The smallest absolute Gasteiger partial charge is 0.132 e. The minimum absolute atomic E-state index is 0.267. The van der Waals surface area contributed by atoms with E-state index in [0.29, 0.717) is 21.3 Å². The molecule has 18 heavy (non-hydrogen) atoms. The molecule has 0 fully saturated rings. The summed E-state index contributed by atoms with van der Waals surface area (Å²) in [5.41, 5.74) is 0.991. The molecule has 0 unspecified atom stereocenters. The molecule has 2 rings (SSSR count). The summed E-state index contributed by atoms with van der Waals surface area (Å²) in [6, 6.07) is 8.72. The molecule has 0 aliphatic heterocycles. The predicted molar refractivity (Wildman–Crippen MR) is 71.0 cm³/mol. The van der Waals surface area contributed by atoms with E-state index in [-0.39, 0.29) is 5.15 Å². The molecule has 0 saturated heterocycles. The fourth-order valence-corrected chi connectivity index (χ4v) is 2.34. The molecular weight excluding hydrogens is 293 g/mol. The van der Waals surface area contributed by atoms with Crippen LogP contribution in [0.5, 0.6) is 0 Å². The number of nitriles is 1. The topological polar surface area (TPSA) is 49.6 Å². The number of halogens is 3. The highest BCUT2D eigenvalue weighted by Gasteiger charge is 2.21. The second kappa shape index (κ2) is 5.53. The highest BCUT2D eigenvalue weighted by atomic mass is 35.5. The second-order valence-electron chi connectivity index (χ2n) is 3.46. The van der Waals surface area contributed by atoms with E-state index in [0.717, 1.165) is 0 Å². The van der Waals surface area contributed by atoms with Gasteiger partial charge in [0.05, 0.1) is 11.8 Å². The third-order valence-corrected chi connectivity index (χ3v) is 3.23. The zero-order valence-corrected chi connectivity index (χ0v) is 11.2. The number of hydrogen-bond donors (Lipinski definition) is 0. The van der Waals surface area contributed by atoms with Crippen LogP contribution in [-0.2, 0) is 0 Å². The molecule has 3 nitrogen and oxygen atoms in total. The van der Waals surface area contributed by atoms with E-state index < -0.39 is 5.92 Å². The van der Waals surface area contributed by atoms with Gasteiger partial charge < -0.3 is 0 Å². The standard InChI is InChI=1S/C12H6Cl3N3/c13-8-2-1-3-9(14)12(8)7(5-16)10-4-11(15)18-6-17-10/h1-4,6-7H/t7-/m0/s1. The maximum Gasteiger partial charge on any atom is 0.132 e. The van der Waals surface area contributed by atoms with Crippen molar-refractivity contribution >= 4 is 34.8 Å². The Kier molecular flexibility index (Phi) is 4.03. The van der Waals surface area contributed by atoms with Crippen molar-refractivity contribution in [3.63, 3.8) is 0 Å². The van der Waals surface area contributed by atoms with Crippen molar-refractivity contribution < 1.29 is 0 Å². The highest BCUT2D eigenvalue weighted by Crippen LogP contribution is 2.34. The largest absolute Gasteiger partial charge is 0.240 e. The van der Waals surface area contributed by atoms with Gasteiger partial charge in [0.25, 0.3) is 0 Å². The van der Waals surface area contributed by atoms with Crippen molar-refractivity contribution in [2.24, 2.45) is 0 Å². The number of benzene rings is 1. The van der Waals surface area contributed by atoms with Gasteiger partial charge in [-0.25, -0.2) is 9.97 Å². The van der Waals surface area contributed by atoms with Crippen molar-refractivity contribution in [3.05, 3.63) is 57.0 Å². The van der Waals surface area contributed by atoms with E-state index >= 15 is 0 Å². The minimum Gasteiger partial charge on any atom is -0.240 e. The zero-order valence-electron chi connectivity index (χ0n) is 8.94. The first-order valence-corrected chi connectivity index (χ1v) is 6.08. The molecule has 0 aliphatic carbocycles. The van der Waals surface area contributed by atoms with Crippen LogP contribution >= 0.6 is 34.8 Å². The molecule has 1 aromatic heterocycles. The van der Waals surface area contributed by atoms with E-state index in [9.17, 15) is 5.26 Å². The van der Waals surface area contributed by atoms with Gasteiger partial charge in [-0.05, 0) is 18.2 Å². The Morgan fingerprint density at radius 1 is 1.11 bits per heavy atom. The van der Waals surface area contributed by atoms with Crippen molar-refractivity contribution in [2.75, 3.05) is 0 Å². The number of rotatable bonds is 2. The Balaban J connectivity index is 2.57. The van der Waals surface area contributed by atoms with Crippen LogP contribution in [0.15, 0.2) is 30.6 Å². The van der Waals surface area contributed by atoms with Gasteiger partial charge in [-0.15, -0.1) is 0 Å². The summed E-state index contributed by atoms with van der Waals surface area (Å²) in [4.78, 5) is 7.81. The van der Waals surface area contributed by atoms with Crippen LogP contribution in [-0.4, -0.2) is 9.97 Å². The Bertz CT molecular complexity index is 602. The van der Waals surface area contributed by atoms with Crippen LogP contribution < -0.4 is 0 Å². The Morgan fingerprint density at radius 2 is 1.78 bits per heavy atom. The molecule has 6 heteroatoms. The number of nitrogens with zero attached hydrogens (tertiary/aromatic N) is 3. The molecule has 2 aromatic rings. The average Bonchev–Trinajstić information content (AvgIpc) is 2.34. The van der Waals surface area contributed by atoms with Crippen LogP contribution in [0.25, 0.3) is 0 Å². The molecule has 0 N–H and O–H groups in total. The van der Waals surface area contributed by atoms with Gasteiger partial charge >= 0.3 is 0 Å². The summed E-state index contributed by atoms with van der Waals surface area (Å²) in [5.74, 6) is -0.674. The summed E-state index contributed by atoms with van der Waals surface area (Å²) < 4.78 is 0. The maximum atomic E-state index is 9.30. The first-order chi connectivity index (χ1) is 8.63. The molecule has 0 amide bonds. The van der Waals surface area contributed by atoms with Crippen LogP contribution in [0.1, 0.15) is 17.2 Å². The lowest BCUT2D eigenvalue weighted by atomic mass is 9.97. The average molecular weight is 299 g/mol. The van der Waals surface area contributed by atoms with Gasteiger partial charge in [-0.1, -0.05) is 40.9 Å². The first-order valence-electron chi connectivity index (χ1n) is 4.94. The van der Waals surface area contributed by atoms with Gasteiger partial charge in [0.15, 0.2) is 0 Å². The van der Waals surface area contributed by atoms with E-state index in [2.05, 4.69) is 16.0 Å². The van der Waals surface area contributed by atoms with Crippen LogP contribution in [0.3, 0.4) is 0 Å². The second-order valence-corrected chi connectivity index (χ2v) is 4.66. The van der Waals surface area contributed by atoms with Crippen molar-refractivity contribution in [1.29, 1.82) is 5.26 Å². The number of aromatic nitrogens is 2. The SMILES string of the molecule is N#C[C@@H](c1cc(Cl)ncn1)c1c(Cl)cccc1Cl. The van der Waals surface area contributed by atoms with Crippen LogP contribution in [0, 0.1) is 11.3 Å². The molecule has 0 saturated carbocycles. The molecule has 1 atom stereocenters. The van der Waals surface area contributed by atoms with Gasteiger partial charge in [0, 0.05) is 15.6 Å². The van der Waals surface area contributed by atoms with E-state index in [4.69, 9.17) is 34.8 Å². The van der Waals surface area contributed by atoms with Gasteiger partial charge in [0.1, 0.15) is 17.4 Å². The Morgan fingerprint density at radius 3 is 2.33 bits per heavy atom. The molecule has 1 heterocycles. The number of hydrogen-bond acceptors (Lipinski definition) is 3. The van der Waals surface area contributed by atoms with E-state index in [1.807, 2.05) is 0 Å². The normalized spacial score (nSPS) is 11.9. The van der Waals surface area contributed by atoms with E-state index in [1.54, 1.807) is 18.2 Å². The minimum atomic E-state index is -0.674. The highest BCUT2D eigenvalue weighted by molar-refractivity contribution is 6.36. The summed E-state index contributed by atoms with van der Waals surface area (Å²) >= 11 is 17.9. The first kappa shape index (κ1) is 13.1. The van der Waals surface area contributed by atoms with Crippen molar-refractivity contribution in [3.8, 4) is 6.07 Å². The fraction of sp³-hybridized carbons (Fsp3) is 0.0833. The third kappa shape index (κ3) is 2.56. The molecule has 0 bridgehead atoms. The lowest BCUT2D eigenvalue weighted by molar-refractivity contribution is 0.944. The summed E-state index contributed by atoms with van der Waals surface area (Å²) in [6.45, 7) is 0. The third-order valence-electron chi connectivity index (χ3n) is 2.37. The van der Waals surface area contributed by atoms with Gasteiger partial charge in [-0.2, -0.15) is 5.26 Å². The summed E-state index contributed by atoms with van der Waals surface area (Å²) in [6.07, 6.45) is 1.30. The van der Waals surface area contributed by atoms with E-state index in [1.165, 1.54) is 12.4 Å². The Hall–Kier alpha value is -1.34. The molecule has 1 aromatic carbocycles. The summed E-state index contributed by atoms with van der Waals surface area (Å²) in [7, 11) is 0. The van der Waals surface area contributed by atoms with Gasteiger partial charge in [-0.3, -0.25) is 0 Å². The maximum absolute atomic E-state index is 9.30. The molecule has 0 aliphatic rings. The molecule has 0 spiro atoms. The Labute approximate surface area is 119 Å². The lowest BCUT2D eigenvalue weighted by Crippen LogP contribution is -2.03. The predicted octanol–water partition coefficient (Wildman–Crippen LogP) is 4.09. The molecule has 0 radical (unpaired) electrons.